The minimum Gasteiger partial charge on any atom is -0.336 e. The van der Waals surface area contributed by atoms with Crippen LogP contribution in [0.5, 0.6) is 0 Å². The summed E-state index contributed by atoms with van der Waals surface area (Å²) in [5.41, 5.74) is 4.47. The molecule has 19 heavy (non-hydrogen) atoms. The summed E-state index contributed by atoms with van der Waals surface area (Å²) in [5.74, 6) is -0.947. The van der Waals surface area contributed by atoms with Gasteiger partial charge in [0.05, 0.1) is 7.11 Å². The van der Waals surface area contributed by atoms with Crippen molar-refractivity contribution < 1.29 is 14.4 Å². The van der Waals surface area contributed by atoms with Gasteiger partial charge in [0.15, 0.2) is 0 Å². The van der Waals surface area contributed by atoms with Gasteiger partial charge in [-0.25, -0.2) is 0 Å². The first kappa shape index (κ1) is 13.5. The number of nitrogens with zero attached hydrogens (tertiary/aromatic N) is 2. The van der Waals surface area contributed by atoms with Crippen LogP contribution in [0, 0.1) is 0 Å². The number of nitrogens with one attached hydrogen (secondary N) is 1. The van der Waals surface area contributed by atoms with Crippen molar-refractivity contribution in [2.75, 3.05) is 32.1 Å². The van der Waals surface area contributed by atoms with Crippen LogP contribution in [0.3, 0.4) is 0 Å². The lowest BCUT2D eigenvalue weighted by Crippen LogP contribution is -2.53. The minimum absolute atomic E-state index is 0.466. The third-order valence-corrected chi connectivity index (χ3v) is 3.08. The van der Waals surface area contributed by atoms with Crippen molar-refractivity contribution in [2.45, 2.75) is 6.54 Å². The molecule has 1 aliphatic rings. The highest BCUT2D eigenvalue weighted by molar-refractivity contribution is 6.40. The molecule has 2 amide bonds. The second-order valence-electron chi connectivity index (χ2n) is 4.38. The molecule has 0 radical (unpaired) electrons. The van der Waals surface area contributed by atoms with Crippen molar-refractivity contribution in [2.24, 2.45) is 0 Å². The van der Waals surface area contributed by atoms with Crippen LogP contribution in [0.15, 0.2) is 24.3 Å². The average molecular weight is 263 g/mol. The highest BCUT2D eigenvalue weighted by Gasteiger charge is 2.31. The van der Waals surface area contributed by atoms with E-state index in [1.807, 2.05) is 24.3 Å². The molecule has 0 saturated carbocycles. The molecular weight excluding hydrogens is 246 g/mol. The fourth-order valence-electron chi connectivity index (χ4n) is 1.97. The van der Waals surface area contributed by atoms with Gasteiger partial charge in [-0.15, -0.1) is 0 Å². The number of hydrogen-bond donors (Lipinski definition) is 1. The van der Waals surface area contributed by atoms with Crippen molar-refractivity contribution in [1.82, 2.24) is 10.4 Å². The van der Waals surface area contributed by atoms with E-state index in [1.165, 1.54) is 9.80 Å². The maximum absolute atomic E-state index is 12.0. The molecule has 0 aliphatic carbocycles. The van der Waals surface area contributed by atoms with E-state index in [0.29, 0.717) is 19.6 Å². The number of hydroxylamine groups is 1. The Kier molecular flexibility index (Phi) is 4.13. The van der Waals surface area contributed by atoms with Gasteiger partial charge in [-0.05, 0) is 17.7 Å². The first-order valence-corrected chi connectivity index (χ1v) is 6.05. The van der Waals surface area contributed by atoms with Crippen molar-refractivity contribution in [3.63, 3.8) is 0 Å². The molecule has 2 rings (SSSR count). The van der Waals surface area contributed by atoms with Gasteiger partial charge in [0.1, 0.15) is 0 Å². The Labute approximate surface area is 111 Å². The molecule has 1 aliphatic heterocycles. The number of amides is 2. The lowest BCUT2D eigenvalue weighted by atomic mass is 10.1. The first-order valence-electron chi connectivity index (χ1n) is 6.05. The Bertz CT molecular complexity index is 490. The summed E-state index contributed by atoms with van der Waals surface area (Å²) in [7, 11) is 3.18. The summed E-state index contributed by atoms with van der Waals surface area (Å²) in [6, 6.07) is 7.49. The van der Waals surface area contributed by atoms with E-state index >= 15 is 0 Å². The van der Waals surface area contributed by atoms with Crippen molar-refractivity contribution in [3.8, 4) is 0 Å². The van der Waals surface area contributed by atoms with Gasteiger partial charge in [0, 0.05) is 32.4 Å². The minimum atomic E-state index is -0.481. The van der Waals surface area contributed by atoms with Gasteiger partial charge >= 0.3 is 11.8 Å². The Morgan fingerprint density at radius 3 is 2.79 bits per heavy atom. The van der Waals surface area contributed by atoms with Crippen LogP contribution in [0.25, 0.3) is 0 Å². The number of piperazine rings is 1. The molecule has 0 bridgehead atoms. The number of benzene rings is 1. The summed E-state index contributed by atoms with van der Waals surface area (Å²) in [4.78, 5) is 31.4. The lowest BCUT2D eigenvalue weighted by Gasteiger charge is -2.31. The second-order valence-corrected chi connectivity index (χ2v) is 4.38. The van der Waals surface area contributed by atoms with Gasteiger partial charge in [0.2, 0.25) is 0 Å². The zero-order valence-corrected chi connectivity index (χ0v) is 11.0. The molecule has 6 heteroatoms. The van der Waals surface area contributed by atoms with Crippen molar-refractivity contribution in [3.05, 3.63) is 29.8 Å². The number of carbonyl (C=O) groups excluding carboxylic acids is 2. The first-order chi connectivity index (χ1) is 9.13. The van der Waals surface area contributed by atoms with E-state index in [0.717, 1.165) is 11.3 Å². The number of rotatable bonds is 4. The number of hydrogen-bond acceptors (Lipinski definition) is 4. The second kappa shape index (κ2) is 5.81. The molecule has 6 nitrogen and oxygen atoms in total. The number of anilines is 1. The fraction of sp³-hybridized carbons (Fsp3) is 0.385. The van der Waals surface area contributed by atoms with Crippen LogP contribution >= 0.6 is 0 Å². The predicted octanol–water partition coefficient (Wildman–Crippen LogP) is 0.143. The van der Waals surface area contributed by atoms with E-state index < -0.39 is 11.8 Å². The van der Waals surface area contributed by atoms with E-state index in [1.54, 1.807) is 14.2 Å². The van der Waals surface area contributed by atoms with Crippen LogP contribution in [0.4, 0.5) is 5.69 Å². The third-order valence-electron chi connectivity index (χ3n) is 3.08. The van der Waals surface area contributed by atoms with E-state index in [4.69, 9.17) is 4.84 Å². The summed E-state index contributed by atoms with van der Waals surface area (Å²) >= 11 is 0. The molecule has 1 heterocycles. The highest BCUT2D eigenvalue weighted by Crippen LogP contribution is 2.19. The largest absolute Gasteiger partial charge is 0.336 e. The topological polar surface area (TPSA) is 61.9 Å². The smallest absolute Gasteiger partial charge is 0.316 e. The van der Waals surface area contributed by atoms with Crippen LogP contribution < -0.4 is 10.4 Å². The summed E-state index contributed by atoms with van der Waals surface area (Å²) in [6.45, 7) is 1.60. The summed E-state index contributed by atoms with van der Waals surface area (Å²) < 4.78 is 0. The van der Waals surface area contributed by atoms with Crippen LogP contribution in [0.2, 0.25) is 0 Å². The molecule has 0 aromatic heterocycles. The average Bonchev–Trinajstić information content (AvgIpc) is 2.43. The molecule has 102 valence electrons. The van der Waals surface area contributed by atoms with Crippen LogP contribution in [-0.4, -0.2) is 44.0 Å². The van der Waals surface area contributed by atoms with Gasteiger partial charge in [0.25, 0.3) is 0 Å². The summed E-state index contributed by atoms with van der Waals surface area (Å²) in [6.07, 6.45) is 0. The van der Waals surface area contributed by atoms with Gasteiger partial charge in [-0.2, -0.15) is 5.48 Å². The third kappa shape index (κ3) is 2.91. The Hall–Kier alpha value is -1.92. The van der Waals surface area contributed by atoms with Gasteiger partial charge < -0.3 is 14.6 Å². The highest BCUT2D eigenvalue weighted by atomic mass is 16.6. The molecule has 1 saturated heterocycles. The van der Waals surface area contributed by atoms with Crippen molar-refractivity contribution in [1.29, 1.82) is 0 Å². The predicted molar refractivity (Wildman–Crippen MR) is 70.3 cm³/mol. The van der Waals surface area contributed by atoms with E-state index in [-0.39, 0.29) is 0 Å². The molecular formula is C13H17N3O3. The molecule has 0 atom stereocenters. The Balaban J connectivity index is 2.17. The quantitative estimate of drug-likeness (QED) is 0.620. The molecule has 0 unspecified atom stereocenters. The molecule has 0 spiro atoms. The standard InChI is InChI=1S/C13H17N3O3/c1-15-6-7-16(13(18)12(15)17)11-5-3-4-10(8-11)9-14-19-2/h3-5,8,14H,6-7,9H2,1-2H3. The van der Waals surface area contributed by atoms with E-state index in [2.05, 4.69) is 5.48 Å². The van der Waals surface area contributed by atoms with Gasteiger partial charge in [-0.3, -0.25) is 9.59 Å². The maximum Gasteiger partial charge on any atom is 0.316 e. The Morgan fingerprint density at radius 2 is 2.05 bits per heavy atom. The zero-order valence-electron chi connectivity index (χ0n) is 11.0. The van der Waals surface area contributed by atoms with Crippen LogP contribution in [-0.2, 0) is 21.0 Å². The monoisotopic (exact) mass is 263 g/mol. The Morgan fingerprint density at radius 1 is 1.26 bits per heavy atom. The number of carbonyl (C=O) groups is 2. The number of likely N-dealkylation sites (N-methyl/N-ethyl adjacent to an activating group) is 1. The van der Waals surface area contributed by atoms with E-state index in [9.17, 15) is 9.59 Å². The fourth-order valence-corrected chi connectivity index (χ4v) is 1.97. The maximum atomic E-state index is 12.0. The summed E-state index contributed by atoms with van der Waals surface area (Å²) in [5, 5.41) is 0. The normalized spacial score (nSPS) is 16.1. The zero-order chi connectivity index (χ0) is 13.8. The molecule has 1 aromatic carbocycles. The van der Waals surface area contributed by atoms with Gasteiger partial charge in [-0.1, -0.05) is 12.1 Å². The molecule has 1 aromatic rings. The van der Waals surface area contributed by atoms with Crippen LogP contribution in [0.1, 0.15) is 5.56 Å². The molecule has 1 fully saturated rings. The lowest BCUT2D eigenvalue weighted by molar-refractivity contribution is -0.145. The molecule has 1 N–H and O–H groups in total. The van der Waals surface area contributed by atoms with Crippen molar-refractivity contribution >= 4 is 17.5 Å². The SMILES string of the molecule is CONCc1cccc(N2CCN(C)C(=O)C2=O)c1.